The van der Waals surface area contributed by atoms with Gasteiger partial charge in [0.15, 0.2) is 0 Å². The highest BCUT2D eigenvalue weighted by Gasteiger charge is 2.10. The summed E-state index contributed by atoms with van der Waals surface area (Å²) in [6.45, 7) is 2.66. The quantitative estimate of drug-likeness (QED) is 0.543. The van der Waals surface area contributed by atoms with Crippen molar-refractivity contribution < 1.29 is 0 Å². The summed E-state index contributed by atoms with van der Waals surface area (Å²) in [7, 11) is 0. The molecule has 2 aromatic heterocycles. The predicted octanol–water partition coefficient (Wildman–Crippen LogP) is 3.98. The zero-order chi connectivity index (χ0) is 18.6. The van der Waals surface area contributed by atoms with E-state index >= 15 is 0 Å². The van der Waals surface area contributed by atoms with E-state index in [4.69, 9.17) is 0 Å². The lowest BCUT2D eigenvalue weighted by Gasteiger charge is -2.11. The summed E-state index contributed by atoms with van der Waals surface area (Å²) < 4.78 is 3.79. The first-order valence-corrected chi connectivity index (χ1v) is 9.02. The molecule has 0 fully saturated rings. The third-order valence-electron chi connectivity index (χ3n) is 4.74. The standard InChI is InChI=1S/C23H21N3O/c1-18-22(14-19-8-4-2-5-9-19)25(17-24-18)16-20-12-13-26(23(27)15-20)21-10-6-3-7-11-21/h2-13,15,17H,14,16H2,1H3. The van der Waals surface area contributed by atoms with Gasteiger partial charge in [-0.3, -0.25) is 9.36 Å². The van der Waals surface area contributed by atoms with Crippen molar-refractivity contribution in [3.05, 3.63) is 118 Å². The van der Waals surface area contributed by atoms with E-state index < -0.39 is 0 Å². The fourth-order valence-corrected chi connectivity index (χ4v) is 3.28. The number of para-hydroxylation sites is 1. The molecule has 2 aromatic carbocycles. The Kier molecular flexibility index (Phi) is 4.71. The average molecular weight is 355 g/mol. The van der Waals surface area contributed by atoms with E-state index in [1.54, 1.807) is 10.6 Å². The van der Waals surface area contributed by atoms with Crippen molar-refractivity contribution in [2.75, 3.05) is 0 Å². The van der Waals surface area contributed by atoms with Gasteiger partial charge in [0.05, 0.1) is 12.0 Å². The summed E-state index contributed by atoms with van der Waals surface area (Å²) in [5.41, 5.74) is 5.27. The van der Waals surface area contributed by atoms with Crippen LogP contribution in [0.15, 0.2) is 90.1 Å². The van der Waals surface area contributed by atoms with Gasteiger partial charge in [0.1, 0.15) is 0 Å². The molecule has 4 aromatic rings. The topological polar surface area (TPSA) is 39.8 Å². The van der Waals surface area contributed by atoms with E-state index in [0.717, 1.165) is 23.4 Å². The Morgan fingerprint density at radius 1 is 0.889 bits per heavy atom. The second kappa shape index (κ2) is 7.46. The Bertz CT molecular complexity index is 1100. The van der Waals surface area contributed by atoms with Gasteiger partial charge in [0, 0.05) is 36.6 Å². The molecular weight excluding hydrogens is 334 g/mol. The van der Waals surface area contributed by atoms with Gasteiger partial charge in [-0.05, 0) is 36.2 Å². The van der Waals surface area contributed by atoms with Crippen molar-refractivity contribution in [1.82, 2.24) is 14.1 Å². The van der Waals surface area contributed by atoms with Crippen LogP contribution in [-0.2, 0) is 13.0 Å². The number of rotatable bonds is 5. The van der Waals surface area contributed by atoms with Crippen LogP contribution in [0.3, 0.4) is 0 Å². The summed E-state index contributed by atoms with van der Waals surface area (Å²) in [5.74, 6) is 0. The third kappa shape index (κ3) is 3.75. The van der Waals surface area contributed by atoms with Crippen molar-refractivity contribution in [1.29, 1.82) is 0 Å². The Balaban J connectivity index is 1.60. The molecule has 0 bridgehead atoms. The third-order valence-corrected chi connectivity index (χ3v) is 4.74. The van der Waals surface area contributed by atoms with Crippen LogP contribution in [0.2, 0.25) is 0 Å². The predicted molar refractivity (Wildman–Crippen MR) is 107 cm³/mol. The van der Waals surface area contributed by atoms with E-state index in [2.05, 4.69) is 33.8 Å². The molecule has 0 unspecified atom stereocenters. The lowest BCUT2D eigenvalue weighted by atomic mass is 10.1. The molecule has 134 valence electrons. The lowest BCUT2D eigenvalue weighted by molar-refractivity contribution is 0.747. The molecule has 0 saturated heterocycles. The lowest BCUT2D eigenvalue weighted by Crippen LogP contribution is -2.18. The average Bonchev–Trinajstić information content (AvgIpc) is 3.03. The molecule has 0 N–H and O–H groups in total. The smallest absolute Gasteiger partial charge is 0.255 e. The van der Waals surface area contributed by atoms with E-state index in [-0.39, 0.29) is 5.56 Å². The van der Waals surface area contributed by atoms with E-state index in [1.807, 2.05) is 61.9 Å². The maximum absolute atomic E-state index is 12.5. The molecular formula is C23H21N3O. The van der Waals surface area contributed by atoms with Gasteiger partial charge >= 0.3 is 0 Å². The van der Waals surface area contributed by atoms with Crippen LogP contribution >= 0.6 is 0 Å². The number of aryl methyl sites for hydroxylation is 1. The van der Waals surface area contributed by atoms with Crippen molar-refractivity contribution in [3.63, 3.8) is 0 Å². The molecule has 4 heteroatoms. The second-order valence-corrected chi connectivity index (χ2v) is 6.65. The monoisotopic (exact) mass is 355 g/mol. The molecule has 0 aliphatic carbocycles. The van der Waals surface area contributed by atoms with Crippen LogP contribution in [0.25, 0.3) is 5.69 Å². The first-order valence-electron chi connectivity index (χ1n) is 9.02. The van der Waals surface area contributed by atoms with Crippen molar-refractivity contribution in [3.8, 4) is 5.69 Å². The van der Waals surface area contributed by atoms with Gasteiger partial charge in [-0.1, -0.05) is 48.5 Å². The molecule has 0 amide bonds. The number of pyridine rings is 1. The SMILES string of the molecule is Cc1ncn(Cc2ccn(-c3ccccc3)c(=O)c2)c1Cc1ccccc1. The zero-order valence-corrected chi connectivity index (χ0v) is 15.2. The maximum Gasteiger partial charge on any atom is 0.255 e. The minimum Gasteiger partial charge on any atom is -0.330 e. The fraction of sp³-hybridized carbons (Fsp3) is 0.130. The molecule has 0 atom stereocenters. The summed E-state index contributed by atoms with van der Waals surface area (Å²) in [6, 6.07) is 23.7. The Morgan fingerprint density at radius 3 is 2.30 bits per heavy atom. The number of aromatic nitrogens is 3. The van der Waals surface area contributed by atoms with Gasteiger partial charge < -0.3 is 4.57 Å². The molecule has 4 rings (SSSR count). The molecule has 0 spiro atoms. The Morgan fingerprint density at radius 2 is 1.59 bits per heavy atom. The van der Waals surface area contributed by atoms with Gasteiger partial charge in [-0.25, -0.2) is 4.98 Å². The number of imidazole rings is 1. The minimum atomic E-state index is -0.0276. The first kappa shape index (κ1) is 17.0. The van der Waals surface area contributed by atoms with Crippen LogP contribution in [0.1, 0.15) is 22.5 Å². The first-order chi connectivity index (χ1) is 13.2. The molecule has 0 radical (unpaired) electrons. The highest BCUT2D eigenvalue weighted by molar-refractivity contribution is 5.32. The second-order valence-electron chi connectivity index (χ2n) is 6.65. The van der Waals surface area contributed by atoms with Crippen LogP contribution in [-0.4, -0.2) is 14.1 Å². The molecule has 4 nitrogen and oxygen atoms in total. The maximum atomic E-state index is 12.5. The van der Waals surface area contributed by atoms with E-state index in [9.17, 15) is 4.79 Å². The molecule has 0 aliphatic heterocycles. The van der Waals surface area contributed by atoms with Crippen molar-refractivity contribution >= 4 is 0 Å². The largest absolute Gasteiger partial charge is 0.330 e. The molecule has 0 aliphatic rings. The van der Waals surface area contributed by atoms with Crippen LogP contribution < -0.4 is 5.56 Å². The van der Waals surface area contributed by atoms with Crippen molar-refractivity contribution in [2.24, 2.45) is 0 Å². The molecule has 27 heavy (non-hydrogen) atoms. The molecule has 0 saturated carbocycles. The van der Waals surface area contributed by atoms with Gasteiger partial charge in [-0.2, -0.15) is 0 Å². The summed E-state index contributed by atoms with van der Waals surface area (Å²) >= 11 is 0. The number of benzene rings is 2. The number of hydrogen-bond acceptors (Lipinski definition) is 2. The number of hydrogen-bond donors (Lipinski definition) is 0. The van der Waals surface area contributed by atoms with Crippen molar-refractivity contribution in [2.45, 2.75) is 19.9 Å². The highest BCUT2D eigenvalue weighted by Crippen LogP contribution is 2.15. The minimum absolute atomic E-state index is 0.0276. The fourth-order valence-electron chi connectivity index (χ4n) is 3.28. The van der Waals surface area contributed by atoms with Gasteiger partial charge in [-0.15, -0.1) is 0 Å². The van der Waals surface area contributed by atoms with Crippen LogP contribution in [0, 0.1) is 6.92 Å². The summed E-state index contributed by atoms with van der Waals surface area (Å²) in [4.78, 5) is 17.0. The Hall–Kier alpha value is -3.40. The summed E-state index contributed by atoms with van der Waals surface area (Å²) in [5, 5.41) is 0. The van der Waals surface area contributed by atoms with Crippen LogP contribution in [0.5, 0.6) is 0 Å². The van der Waals surface area contributed by atoms with Gasteiger partial charge in [0.2, 0.25) is 0 Å². The van der Waals surface area contributed by atoms with E-state index in [1.165, 1.54) is 11.3 Å². The highest BCUT2D eigenvalue weighted by atomic mass is 16.1. The van der Waals surface area contributed by atoms with Gasteiger partial charge in [0.25, 0.3) is 5.56 Å². The number of nitrogens with zero attached hydrogens (tertiary/aromatic N) is 3. The van der Waals surface area contributed by atoms with Crippen LogP contribution in [0.4, 0.5) is 0 Å². The van der Waals surface area contributed by atoms with E-state index in [0.29, 0.717) is 6.54 Å². The summed E-state index contributed by atoms with van der Waals surface area (Å²) in [6.07, 6.45) is 4.53. The molecule has 2 heterocycles. The normalized spacial score (nSPS) is 10.9. The Labute approximate surface area is 158 Å². The zero-order valence-electron chi connectivity index (χ0n) is 15.2.